The summed E-state index contributed by atoms with van der Waals surface area (Å²) in [4.78, 5) is 3.99. The Morgan fingerprint density at radius 2 is 2.00 bits per heavy atom. The molecule has 2 aromatic rings. The molecule has 33 heavy (non-hydrogen) atoms. The summed E-state index contributed by atoms with van der Waals surface area (Å²) in [6.07, 6.45) is 12.7. The summed E-state index contributed by atoms with van der Waals surface area (Å²) in [6.45, 7) is 3.61. The zero-order valence-electron chi connectivity index (χ0n) is 19.1. The van der Waals surface area contributed by atoms with E-state index >= 15 is 0 Å². The van der Waals surface area contributed by atoms with Crippen LogP contribution in [0.5, 0.6) is 0 Å². The largest absolute Gasteiger partial charge is 0.339 e. The third kappa shape index (κ3) is 3.99. The van der Waals surface area contributed by atoms with Gasteiger partial charge >= 0.3 is 0 Å². The first-order valence-corrected chi connectivity index (χ1v) is 13.5. The predicted molar refractivity (Wildman–Crippen MR) is 131 cm³/mol. The number of nitrogens with zero attached hydrogens (tertiary/aromatic N) is 2. The molecule has 1 saturated carbocycles. The fraction of sp³-hybridized carbons (Fsp3) is 0.480. The van der Waals surface area contributed by atoms with E-state index < -0.39 is 10.0 Å². The van der Waals surface area contributed by atoms with Crippen LogP contribution >= 0.6 is 11.6 Å². The Bertz CT molecular complexity index is 1210. The normalized spacial score (nSPS) is 26.7. The van der Waals surface area contributed by atoms with Gasteiger partial charge in [-0.15, -0.1) is 0 Å². The maximum absolute atomic E-state index is 12.7. The number of aromatic nitrogens is 2. The topological polar surface area (TPSA) is 76.0 Å². The quantitative estimate of drug-likeness (QED) is 0.644. The van der Waals surface area contributed by atoms with Gasteiger partial charge in [-0.1, -0.05) is 60.4 Å². The van der Waals surface area contributed by atoms with E-state index in [1.54, 1.807) is 11.6 Å². The van der Waals surface area contributed by atoms with Crippen LogP contribution in [0.25, 0.3) is 0 Å². The molecule has 3 aliphatic rings. The number of sulfonamides is 1. The molecule has 1 aromatic heterocycles. The van der Waals surface area contributed by atoms with Crippen LogP contribution in [-0.4, -0.2) is 37.1 Å². The fourth-order valence-corrected chi connectivity index (χ4v) is 7.23. The Balaban J connectivity index is 1.39. The first-order chi connectivity index (χ1) is 15.7. The van der Waals surface area contributed by atoms with Gasteiger partial charge in [-0.3, -0.25) is 0 Å². The van der Waals surface area contributed by atoms with E-state index in [1.807, 2.05) is 12.1 Å². The number of aryl methyl sites for hydroxylation is 1. The van der Waals surface area contributed by atoms with Gasteiger partial charge in [-0.25, -0.2) is 18.1 Å². The van der Waals surface area contributed by atoms with Gasteiger partial charge in [0, 0.05) is 41.7 Å². The predicted octanol–water partition coefficient (Wildman–Crippen LogP) is 4.10. The first-order valence-electron chi connectivity index (χ1n) is 11.6. The lowest BCUT2D eigenvalue weighted by molar-refractivity contribution is 0.0723. The molecule has 0 radical (unpaired) electrons. The van der Waals surface area contributed by atoms with Crippen molar-refractivity contribution in [1.82, 2.24) is 19.6 Å². The van der Waals surface area contributed by atoms with Crippen LogP contribution in [0.3, 0.4) is 0 Å². The summed E-state index contributed by atoms with van der Waals surface area (Å²) in [5.74, 6) is 0. The van der Waals surface area contributed by atoms with Crippen molar-refractivity contribution in [3.8, 4) is 0 Å². The summed E-state index contributed by atoms with van der Waals surface area (Å²) in [5, 5.41) is 4.70. The second-order valence-electron chi connectivity index (χ2n) is 9.97. The van der Waals surface area contributed by atoms with Crippen molar-refractivity contribution in [3.63, 3.8) is 0 Å². The van der Waals surface area contributed by atoms with E-state index in [0.29, 0.717) is 6.54 Å². The molecule has 8 heteroatoms. The van der Waals surface area contributed by atoms with Gasteiger partial charge in [-0.05, 0) is 49.9 Å². The summed E-state index contributed by atoms with van der Waals surface area (Å²) >= 11 is 6.19. The van der Waals surface area contributed by atoms with E-state index in [2.05, 4.69) is 46.2 Å². The average molecular weight is 487 g/mol. The molecule has 2 unspecified atom stereocenters. The van der Waals surface area contributed by atoms with Crippen LogP contribution in [0.15, 0.2) is 65.1 Å². The fourth-order valence-electron chi connectivity index (χ4n) is 6.09. The van der Waals surface area contributed by atoms with Gasteiger partial charge in [0.2, 0.25) is 0 Å². The van der Waals surface area contributed by atoms with Gasteiger partial charge in [0.25, 0.3) is 10.0 Å². The van der Waals surface area contributed by atoms with Crippen molar-refractivity contribution in [2.75, 3.05) is 13.1 Å². The molecular formula is C25H31ClN4O2S. The zero-order chi connectivity index (χ0) is 23.3. The van der Waals surface area contributed by atoms with E-state index in [4.69, 9.17) is 11.6 Å². The van der Waals surface area contributed by atoms with Gasteiger partial charge < -0.3 is 9.88 Å². The highest BCUT2D eigenvalue weighted by Crippen LogP contribution is 2.56. The van der Waals surface area contributed by atoms with Crippen molar-refractivity contribution >= 4 is 21.6 Å². The maximum Gasteiger partial charge on any atom is 0.259 e. The molecule has 1 saturated heterocycles. The Hall–Kier alpha value is -1.93. The lowest BCUT2D eigenvalue weighted by Crippen LogP contribution is -2.63. The third-order valence-electron chi connectivity index (χ3n) is 7.89. The number of piperidine rings is 1. The molecule has 6 nitrogen and oxygen atoms in total. The Morgan fingerprint density at radius 1 is 1.24 bits per heavy atom. The lowest BCUT2D eigenvalue weighted by atomic mass is 9.50. The van der Waals surface area contributed by atoms with E-state index in [0.717, 1.165) is 42.8 Å². The molecule has 0 amide bonds. The number of halogens is 1. The number of fused-ring (bicyclic) bond motifs is 1. The van der Waals surface area contributed by atoms with Crippen molar-refractivity contribution in [2.45, 2.75) is 55.5 Å². The molecular weight excluding hydrogens is 456 g/mol. The molecule has 2 N–H and O–H groups in total. The molecule has 1 aromatic carbocycles. The molecule has 176 valence electrons. The monoisotopic (exact) mass is 486 g/mol. The summed E-state index contributed by atoms with van der Waals surface area (Å²) < 4.78 is 29.8. The summed E-state index contributed by atoms with van der Waals surface area (Å²) in [7, 11) is -1.88. The number of imidazole rings is 1. The van der Waals surface area contributed by atoms with Crippen LogP contribution in [0.4, 0.5) is 0 Å². The van der Waals surface area contributed by atoms with Crippen LogP contribution in [0.1, 0.15) is 44.6 Å². The first kappa shape index (κ1) is 22.8. The minimum Gasteiger partial charge on any atom is -0.339 e. The number of benzene rings is 1. The molecule has 2 atom stereocenters. The van der Waals surface area contributed by atoms with Gasteiger partial charge in [0.1, 0.15) is 0 Å². The molecule has 0 bridgehead atoms. The lowest BCUT2D eigenvalue weighted by Gasteiger charge is -2.58. The number of nitrogens with one attached hydrogen (secondary N) is 2. The Kier molecular flexibility index (Phi) is 5.80. The minimum atomic E-state index is -3.64. The van der Waals surface area contributed by atoms with Crippen LogP contribution in [-0.2, 0) is 22.5 Å². The third-order valence-corrected chi connectivity index (χ3v) is 9.43. The van der Waals surface area contributed by atoms with E-state index in [1.165, 1.54) is 30.1 Å². The number of hydrogen-bond acceptors (Lipinski definition) is 4. The van der Waals surface area contributed by atoms with Crippen molar-refractivity contribution in [3.05, 3.63) is 70.7 Å². The molecule has 2 heterocycles. The van der Waals surface area contributed by atoms with Crippen LogP contribution in [0, 0.1) is 5.41 Å². The molecule has 0 spiro atoms. The van der Waals surface area contributed by atoms with Crippen molar-refractivity contribution in [2.24, 2.45) is 12.5 Å². The highest BCUT2D eigenvalue weighted by Gasteiger charge is 2.55. The zero-order valence-corrected chi connectivity index (χ0v) is 20.7. The average Bonchev–Trinajstić information content (AvgIpc) is 3.20. The Morgan fingerprint density at radius 3 is 2.64 bits per heavy atom. The highest BCUT2D eigenvalue weighted by molar-refractivity contribution is 7.89. The second-order valence-corrected chi connectivity index (χ2v) is 12.1. The van der Waals surface area contributed by atoms with E-state index in [-0.39, 0.29) is 21.9 Å². The van der Waals surface area contributed by atoms with Crippen LogP contribution in [0.2, 0.25) is 5.02 Å². The van der Waals surface area contributed by atoms with Crippen LogP contribution < -0.4 is 10.0 Å². The Labute approximate surface area is 201 Å². The number of rotatable bonds is 6. The summed E-state index contributed by atoms with van der Waals surface area (Å²) in [6, 6.07) is 8.65. The van der Waals surface area contributed by atoms with Crippen molar-refractivity contribution in [1.29, 1.82) is 0 Å². The number of hydrogen-bond donors (Lipinski definition) is 2. The van der Waals surface area contributed by atoms with Crippen molar-refractivity contribution < 1.29 is 8.42 Å². The van der Waals surface area contributed by atoms with Gasteiger partial charge in [0.05, 0.1) is 6.33 Å². The summed E-state index contributed by atoms with van der Waals surface area (Å²) in [5.41, 5.74) is 3.92. The van der Waals surface area contributed by atoms with Gasteiger partial charge in [0.15, 0.2) is 5.03 Å². The maximum atomic E-state index is 12.7. The molecule has 2 fully saturated rings. The standard InChI is InChI=1S/C25H31ClN4O2S/c1-24-14-18(15-29-33(31,32)22-16-30(2)17-28-22)4-5-19(24)10-13-27-23(24)25(11-3-12-25)20-6-8-21(26)9-7-20/h4-9,16-17,23,27,29H,3,10-15H2,1-2H3. The highest BCUT2D eigenvalue weighted by atomic mass is 35.5. The smallest absolute Gasteiger partial charge is 0.259 e. The van der Waals surface area contributed by atoms with E-state index in [9.17, 15) is 8.42 Å². The molecule has 1 aliphatic heterocycles. The van der Waals surface area contributed by atoms with Gasteiger partial charge in [-0.2, -0.15) is 0 Å². The second kappa shape index (κ2) is 8.38. The SMILES string of the molecule is Cn1cnc(S(=O)(=O)NCC2=CC=C3CCNC(C4(c5ccc(Cl)cc5)CCC4)C3(C)C2)c1. The minimum absolute atomic E-state index is 0.0530. The molecule has 5 rings (SSSR count). The number of allylic oxidation sites excluding steroid dienone is 2. The molecule has 2 aliphatic carbocycles.